The average Bonchev–Trinajstić information content (AvgIpc) is 3.06. The number of azo groups is 1. The van der Waals surface area contributed by atoms with Crippen LogP contribution in [0.25, 0.3) is 0 Å². The van der Waals surface area contributed by atoms with Crippen molar-refractivity contribution in [1.82, 2.24) is 9.88 Å². The highest BCUT2D eigenvalue weighted by Gasteiger charge is 2.25. The predicted molar refractivity (Wildman–Crippen MR) is 185 cm³/mol. The van der Waals surface area contributed by atoms with Crippen molar-refractivity contribution in [2.75, 3.05) is 76.6 Å². The van der Waals surface area contributed by atoms with E-state index in [2.05, 4.69) is 31.9 Å². The van der Waals surface area contributed by atoms with E-state index in [0.717, 1.165) is 5.69 Å². The number of aromatic nitrogens is 1. The number of methoxy groups -OCH3 is 2. The summed E-state index contributed by atoms with van der Waals surface area (Å²) in [5.41, 5.74) is 1.85. The average molecular weight is 700 g/mol. The summed E-state index contributed by atoms with van der Waals surface area (Å²) >= 11 is 0. The van der Waals surface area contributed by atoms with E-state index in [9.17, 15) is 23.9 Å². The number of hydrogen-bond donors (Lipinski definition) is 5. The Morgan fingerprint density at radius 2 is 1.67 bits per heavy atom. The summed E-state index contributed by atoms with van der Waals surface area (Å²) < 4.78 is 43.4. The molecule has 0 aliphatic heterocycles. The molecule has 1 heterocycles. The number of pyridine rings is 1. The lowest BCUT2D eigenvalue weighted by molar-refractivity contribution is 0.0873. The predicted octanol–water partition coefficient (Wildman–Crippen LogP) is 3.70. The highest BCUT2D eigenvalue weighted by Crippen LogP contribution is 2.40. The van der Waals surface area contributed by atoms with Gasteiger partial charge in [-0.2, -0.15) is 5.26 Å². The van der Waals surface area contributed by atoms with Crippen LogP contribution in [0.1, 0.15) is 25.0 Å². The van der Waals surface area contributed by atoms with Gasteiger partial charge in [0.1, 0.15) is 33.8 Å². The number of nitriles is 1. The monoisotopic (exact) mass is 699 g/mol. The molecule has 3 aromatic rings. The second kappa shape index (κ2) is 19.0. The summed E-state index contributed by atoms with van der Waals surface area (Å²) in [6.45, 7) is 5.96. The number of hydrogen-bond acceptors (Lipinski definition) is 15. The third kappa shape index (κ3) is 11.3. The van der Waals surface area contributed by atoms with Gasteiger partial charge in [-0.05, 0) is 32.9 Å². The SMILES string of the molecule is COc1cc(S(=O)(=O)CCN(CC(C)O)CC(C)O)c(OC)cc1/N=N/c1c(NCCOCCO)nc(Nc2ccccc2)c(C#N)c1C. The molecule has 1 aromatic heterocycles. The topological polar surface area (TPSA) is 211 Å². The fourth-order valence-corrected chi connectivity index (χ4v) is 6.33. The van der Waals surface area contributed by atoms with Crippen LogP contribution in [-0.4, -0.2) is 112 Å². The van der Waals surface area contributed by atoms with Gasteiger partial charge in [0, 0.05) is 49.6 Å². The Bertz CT molecular complexity index is 1690. The Hall–Kier alpha value is -4.37. The summed E-state index contributed by atoms with van der Waals surface area (Å²) in [6, 6.07) is 14.2. The molecule has 0 spiro atoms. The van der Waals surface area contributed by atoms with Gasteiger partial charge in [-0.1, -0.05) is 18.2 Å². The Kier molecular flexibility index (Phi) is 15.1. The second-order valence-corrected chi connectivity index (χ2v) is 13.3. The molecule has 0 bridgehead atoms. The van der Waals surface area contributed by atoms with Crippen LogP contribution < -0.4 is 20.1 Å². The van der Waals surface area contributed by atoms with E-state index in [1.165, 1.54) is 26.4 Å². The molecule has 0 amide bonds. The minimum absolute atomic E-state index is 0.0155. The maximum absolute atomic E-state index is 13.5. The van der Waals surface area contributed by atoms with Gasteiger partial charge < -0.3 is 40.2 Å². The molecule has 0 saturated carbocycles. The number of aliphatic hydroxyl groups excluding tert-OH is 3. The lowest BCUT2D eigenvalue weighted by Gasteiger charge is -2.25. The third-order valence-electron chi connectivity index (χ3n) is 7.12. The summed E-state index contributed by atoms with van der Waals surface area (Å²) in [4.78, 5) is 6.21. The lowest BCUT2D eigenvalue weighted by Crippen LogP contribution is -2.39. The van der Waals surface area contributed by atoms with E-state index in [4.69, 9.17) is 19.3 Å². The smallest absolute Gasteiger partial charge is 0.183 e. The lowest BCUT2D eigenvalue weighted by atomic mass is 10.1. The van der Waals surface area contributed by atoms with E-state index < -0.39 is 22.0 Å². The quantitative estimate of drug-likeness (QED) is 0.0842. The van der Waals surface area contributed by atoms with Crippen LogP contribution in [0.3, 0.4) is 0 Å². The molecule has 49 heavy (non-hydrogen) atoms. The number of nitrogens with one attached hydrogen (secondary N) is 2. The minimum Gasteiger partial charge on any atom is -0.495 e. The van der Waals surface area contributed by atoms with E-state index in [1.807, 2.05) is 30.3 Å². The summed E-state index contributed by atoms with van der Waals surface area (Å²) in [7, 11) is -1.22. The van der Waals surface area contributed by atoms with Crippen molar-refractivity contribution in [3.63, 3.8) is 0 Å². The molecule has 0 aliphatic rings. The Morgan fingerprint density at radius 3 is 2.27 bits per heavy atom. The van der Waals surface area contributed by atoms with Crippen molar-refractivity contribution >= 4 is 38.5 Å². The normalized spacial score (nSPS) is 12.9. The number of ether oxygens (including phenoxy) is 3. The van der Waals surface area contributed by atoms with Gasteiger partial charge in [0.05, 0.1) is 57.6 Å². The Morgan fingerprint density at radius 1 is 1.00 bits per heavy atom. The highest BCUT2D eigenvalue weighted by molar-refractivity contribution is 7.91. The Balaban J connectivity index is 2.02. The van der Waals surface area contributed by atoms with Crippen molar-refractivity contribution in [3.8, 4) is 17.6 Å². The van der Waals surface area contributed by atoms with Crippen molar-refractivity contribution in [3.05, 3.63) is 53.6 Å². The fraction of sp³-hybridized carbons (Fsp3) is 0.455. The minimum atomic E-state index is -3.93. The van der Waals surface area contributed by atoms with Crippen LogP contribution in [0, 0.1) is 18.3 Å². The largest absolute Gasteiger partial charge is 0.495 e. The first kappa shape index (κ1) is 39.1. The molecule has 2 atom stereocenters. The molecule has 3 rings (SSSR count). The van der Waals surface area contributed by atoms with Crippen molar-refractivity contribution in [1.29, 1.82) is 5.26 Å². The second-order valence-electron chi connectivity index (χ2n) is 11.2. The fourth-order valence-electron chi connectivity index (χ4n) is 4.88. The molecule has 0 aliphatic carbocycles. The molecule has 16 heteroatoms. The van der Waals surface area contributed by atoms with Crippen LogP contribution in [0.4, 0.5) is 28.7 Å². The maximum atomic E-state index is 13.5. The molecule has 0 saturated heterocycles. The standard InChI is InChI=1S/C33H45N7O8S/c1-22(42)20-40(21-23(2)43)12-16-49(44,45)30-18-28(46-4)27(17-29(30)47-5)38-39-31-24(3)26(19-34)32(36-25-9-7-6-8-10-25)37-33(31)35-11-14-48-15-13-41/h6-10,17-18,22-23,41-43H,11-16,20-21H2,1-5H3,(H2,35,36,37)/b39-38+. The molecule has 5 N–H and O–H groups in total. The first-order valence-corrected chi connectivity index (χ1v) is 17.3. The Labute approximate surface area is 287 Å². The van der Waals surface area contributed by atoms with E-state index in [-0.39, 0.29) is 78.5 Å². The molecule has 0 radical (unpaired) electrons. The molecule has 15 nitrogen and oxygen atoms in total. The number of anilines is 3. The number of para-hydroxylation sites is 1. The number of sulfone groups is 1. The first-order chi connectivity index (χ1) is 23.4. The van der Waals surface area contributed by atoms with Crippen LogP contribution in [0.2, 0.25) is 0 Å². The van der Waals surface area contributed by atoms with Crippen molar-refractivity contribution < 1.29 is 37.9 Å². The highest BCUT2D eigenvalue weighted by atomic mass is 32.2. The van der Waals surface area contributed by atoms with Crippen LogP contribution in [0.15, 0.2) is 57.6 Å². The molecule has 0 fully saturated rings. The molecule has 2 unspecified atom stereocenters. The molecule has 266 valence electrons. The van der Waals surface area contributed by atoms with E-state index in [0.29, 0.717) is 23.7 Å². The van der Waals surface area contributed by atoms with Gasteiger partial charge >= 0.3 is 0 Å². The van der Waals surface area contributed by atoms with Crippen LogP contribution in [-0.2, 0) is 14.6 Å². The summed E-state index contributed by atoms with van der Waals surface area (Å²) in [5, 5.41) is 53.9. The molecular weight excluding hydrogens is 654 g/mol. The van der Waals surface area contributed by atoms with Gasteiger partial charge in [-0.25, -0.2) is 13.4 Å². The van der Waals surface area contributed by atoms with Crippen LogP contribution in [0.5, 0.6) is 11.5 Å². The molecule has 2 aromatic carbocycles. The number of nitrogens with zero attached hydrogens (tertiary/aromatic N) is 5. The summed E-state index contributed by atoms with van der Waals surface area (Å²) in [5.74, 6) is 0.415. The first-order valence-electron chi connectivity index (χ1n) is 15.6. The number of rotatable bonds is 20. The van der Waals surface area contributed by atoms with Gasteiger partial charge in [0.15, 0.2) is 21.5 Å². The van der Waals surface area contributed by atoms with E-state index >= 15 is 0 Å². The molecular formula is C33H45N7O8S. The van der Waals surface area contributed by atoms with E-state index in [1.54, 1.807) is 25.7 Å². The maximum Gasteiger partial charge on any atom is 0.183 e. The van der Waals surface area contributed by atoms with Gasteiger partial charge in [-0.3, -0.25) is 4.90 Å². The number of benzene rings is 2. The van der Waals surface area contributed by atoms with Gasteiger partial charge in [0.2, 0.25) is 0 Å². The van der Waals surface area contributed by atoms with Gasteiger partial charge in [0.25, 0.3) is 0 Å². The van der Waals surface area contributed by atoms with Crippen LogP contribution >= 0.6 is 0 Å². The summed E-state index contributed by atoms with van der Waals surface area (Å²) in [6.07, 6.45) is -1.43. The zero-order chi connectivity index (χ0) is 36.0. The van der Waals surface area contributed by atoms with Gasteiger partial charge in [-0.15, -0.1) is 10.2 Å². The number of aliphatic hydroxyl groups is 3. The zero-order valence-electron chi connectivity index (χ0n) is 28.4. The zero-order valence-corrected chi connectivity index (χ0v) is 29.2. The van der Waals surface area contributed by atoms with Crippen molar-refractivity contribution in [2.24, 2.45) is 10.2 Å². The van der Waals surface area contributed by atoms with Crippen molar-refractivity contribution in [2.45, 2.75) is 37.9 Å². The third-order valence-corrected chi connectivity index (χ3v) is 8.83.